The van der Waals surface area contributed by atoms with Gasteiger partial charge in [0, 0.05) is 19.1 Å². The van der Waals surface area contributed by atoms with Gasteiger partial charge in [-0.25, -0.2) is 4.39 Å². The molecule has 2 unspecified atom stereocenters. The number of aryl methyl sites for hydroxylation is 1. The molecule has 1 aromatic rings. The molecule has 0 aliphatic carbocycles. The van der Waals surface area contributed by atoms with Gasteiger partial charge < -0.3 is 5.73 Å². The highest BCUT2D eigenvalue weighted by molar-refractivity contribution is 5.26. The molecule has 0 radical (unpaired) electrons. The van der Waals surface area contributed by atoms with Crippen molar-refractivity contribution in [2.24, 2.45) is 11.7 Å². The predicted octanol–water partition coefficient (Wildman–Crippen LogP) is 2.69. The molecule has 0 bridgehead atoms. The lowest BCUT2D eigenvalue weighted by Gasteiger charge is -2.36. The van der Waals surface area contributed by atoms with Gasteiger partial charge in [0.2, 0.25) is 0 Å². The van der Waals surface area contributed by atoms with Crippen molar-refractivity contribution in [2.45, 2.75) is 39.3 Å². The molecule has 0 saturated carbocycles. The third kappa shape index (κ3) is 3.09. The molecule has 1 aromatic carbocycles. The van der Waals surface area contributed by atoms with Crippen molar-refractivity contribution in [3.63, 3.8) is 0 Å². The fourth-order valence-electron chi connectivity index (χ4n) is 2.78. The number of nitrogens with two attached hydrogens (primary N) is 1. The van der Waals surface area contributed by atoms with Crippen molar-refractivity contribution in [1.29, 1.82) is 0 Å². The molecule has 1 fully saturated rings. The fourth-order valence-corrected chi connectivity index (χ4v) is 2.78. The van der Waals surface area contributed by atoms with Crippen LogP contribution in [0, 0.1) is 18.7 Å². The average molecular weight is 250 g/mol. The molecular weight excluding hydrogens is 227 g/mol. The SMILES string of the molecule is CCC1CN(Cc2ccc(F)cc2C)CCC1N. The van der Waals surface area contributed by atoms with Crippen molar-refractivity contribution in [3.8, 4) is 0 Å². The molecule has 2 atom stereocenters. The third-order valence-electron chi connectivity index (χ3n) is 4.10. The topological polar surface area (TPSA) is 29.3 Å². The Hall–Kier alpha value is -0.930. The number of benzene rings is 1. The summed E-state index contributed by atoms with van der Waals surface area (Å²) in [7, 11) is 0. The normalized spacial score (nSPS) is 25.3. The second-order valence-electron chi connectivity index (χ2n) is 5.43. The molecule has 100 valence electrons. The van der Waals surface area contributed by atoms with Crippen molar-refractivity contribution in [2.75, 3.05) is 13.1 Å². The van der Waals surface area contributed by atoms with Gasteiger partial charge >= 0.3 is 0 Å². The molecule has 2 rings (SSSR count). The number of hydrogen-bond acceptors (Lipinski definition) is 2. The maximum atomic E-state index is 13.1. The van der Waals surface area contributed by atoms with E-state index in [2.05, 4.69) is 11.8 Å². The van der Waals surface area contributed by atoms with E-state index in [0.717, 1.165) is 38.0 Å². The number of halogens is 1. The average Bonchev–Trinajstić information content (AvgIpc) is 2.35. The predicted molar refractivity (Wildman–Crippen MR) is 72.8 cm³/mol. The first kappa shape index (κ1) is 13.5. The molecule has 1 aliphatic rings. The first-order valence-corrected chi connectivity index (χ1v) is 6.83. The first-order valence-electron chi connectivity index (χ1n) is 6.83. The largest absolute Gasteiger partial charge is 0.327 e. The first-order chi connectivity index (χ1) is 8.60. The van der Waals surface area contributed by atoms with Crippen LogP contribution in [0.1, 0.15) is 30.9 Å². The molecule has 2 nitrogen and oxygen atoms in total. The van der Waals surface area contributed by atoms with Crippen LogP contribution >= 0.6 is 0 Å². The summed E-state index contributed by atoms with van der Waals surface area (Å²) in [6, 6.07) is 5.41. The molecule has 18 heavy (non-hydrogen) atoms. The Balaban J connectivity index is 2.01. The minimum absolute atomic E-state index is 0.150. The quantitative estimate of drug-likeness (QED) is 0.893. The van der Waals surface area contributed by atoms with E-state index in [9.17, 15) is 4.39 Å². The van der Waals surface area contributed by atoms with E-state index in [-0.39, 0.29) is 5.82 Å². The van der Waals surface area contributed by atoms with Crippen LogP contribution in [-0.4, -0.2) is 24.0 Å². The third-order valence-corrected chi connectivity index (χ3v) is 4.10. The molecule has 1 heterocycles. The zero-order valence-electron chi connectivity index (χ0n) is 11.3. The molecule has 3 heteroatoms. The van der Waals surface area contributed by atoms with Gasteiger partial charge in [-0.15, -0.1) is 0 Å². The van der Waals surface area contributed by atoms with Crippen molar-refractivity contribution >= 4 is 0 Å². The van der Waals surface area contributed by atoms with Gasteiger partial charge in [-0.2, -0.15) is 0 Å². The Morgan fingerprint density at radius 1 is 1.44 bits per heavy atom. The molecule has 0 aromatic heterocycles. The minimum atomic E-state index is -0.150. The lowest BCUT2D eigenvalue weighted by molar-refractivity contribution is 0.145. The lowest BCUT2D eigenvalue weighted by atomic mass is 9.90. The van der Waals surface area contributed by atoms with E-state index in [1.807, 2.05) is 13.0 Å². The summed E-state index contributed by atoms with van der Waals surface area (Å²) in [5.41, 5.74) is 8.38. The summed E-state index contributed by atoms with van der Waals surface area (Å²) in [6.45, 7) is 7.21. The van der Waals surface area contributed by atoms with Crippen LogP contribution in [0.5, 0.6) is 0 Å². The standard InChI is InChI=1S/C15H23FN2/c1-3-12-9-18(7-6-15(12)17)10-13-4-5-14(16)8-11(13)2/h4-5,8,12,15H,3,6-7,9-10,17H2,1-2H3. The maximum Gasteiger partial charge on any atom is 0.123 e. The molecule has 0 amide bonds. The monoisotopic (exact) mass is 250 g/mol. The highest BCUT2D eigenvalue weighted by Gasteiger charge is 2.25. The molecule has 1 saturated heterocycles. The Labute approximate surface area is 109 Å². The van der Waals surface area contributed by atoms with Gasteiger partial charge in [0.15, 0.2) is 0 Å². The van der Waals surface area contributed by atoms with Gasteiger partial charge in [-0.3, -0.25) is 4.90 Å². The summed E-state index contributed by atoms with van der Waals surface area (Å²) in [6.07, 6.45) is 2.21. The van der Waals surface area contributed by atoms with Gasteiger partial charge in [0.1, 0.15) is 5.82 Å². The number of rotatable bonds is 3. The van der Waals surface area contributed by atoms with Gasteiger partial charge in [0.05, 0.1) is 0 Å². The molecule has 2 N–H and O–H groups in total. The van der Waals surface area contributed by atoms with Gasteiger partial charge in [0.25, 0.3) is 0 Å². The zero-order chi connectivity index (χ0) is 13.1. The fraction of sp³-hybridized carbons (Fsp3) is 0.600. The summed E-state index contributed by atoms with van der Waals surface area (Å²) >= 11 is 0. The van der Waals surface area contributed by atoms with Gasteiger partial charge in [-0.1, -0.05) is 19.4 Å². The number of likely N-dealkylation sites (tertiary alicyclic amines) is 1. The van der Waals surface area contributed by atoms with Crippen LogP contribution in [0.25, 0.3) is 0 Å². The van der Waals surface area contributed by atoms with E-state index in [0.29, 0.717) is 12.0 Å². The Kier molecular flexibility index (Phi) is 4.36. The van der Waals surface area contributed by atoms with Crippen LogP contribution < -0.4 is 5.73 Å². The highest BCUT2D eigenvalue weighted by atomic mass is 19.1. The molecule has 1 aliphatic heterocycles. The van der Waals surface area contributed by atoms with E-state index in [4.69, 9.17) is 5.73 Å². The molecule has 0 spiro atoms. The van der Waals surface area contributed by atoms with Crippen LogP contribution in [0.2, 0.25) is 0 Å². The smallest absolute Gasteiger partial charge is 0.123 e. The second-order valence-corrected chi connectivity index (χ2v) is 5.43. The van der Waals surface area contributed by atoms with Gasteiger partial charge in [-0.05, 0) is 49.1 Å². The summed E-state index contributed by atoms with van der Waals surface area (Å²) in [4.78, 5) is 2.44. The van der Waals surface area contributed by atoms with Crippen LogP contribution in [-0.2, 0) is 6.54 Å². The van der Waals surface area contributed by atoms with Crippen molar-refractivity contribution in [1.82, 2.24) is 4.90 Å². The van der Waals surface area contributed by atoms with Crippen LogP contribution in [0.4, 0.5) is 4.39 Å². The van der Waals surface area contributed by atoms with Crippen molar-refractivity contribution < 1.29 is 4.39 Å². The number of nitrogens with zero attached hydrogens (tertiary/aromatic N) is 1. The number of piperidine rings is 1. The van der Waals surface area contributed by atoms with Crippen LogP contribution in [0.15, 0.2) is 18.2 Å². The van der Waals surface area contributed by atoms with E-state index in [1.165, 1.54) is 5.56 Å². The van der Waals surface area contributed by atoms with E-state index in [1.54, 1.807) is 12.1 Å². The van der Waals surface area contributed by atoms with E-state index < -0.39 is 0 Å². The summed E-state index contributed by atoms with van der Waals surface area (Å²) in [5, 5.41) is 0. The van der Waals surface area contributed by atoms with E-state index >= 15 is 0 Å². The minimum Gasteiger partial charge on any atom is -0.327 e. The molecular formula is C15H23FN2. The second kappa shape index (κ2) is 5.81. The Morgan fingerprint density at radius 2 is 2.22 bits per heavy atom. The highest BCUT2D eigenvalue weighted by Crippen LogP contribution is 2.21. The zero-order valence-corrected chi connectivity index (χ0v) is 11.3. The lowest BCUT2D eigenvalue weighted by Crippen LogP contribution is -2.46. The van der Waals surface area contributed by atoms with Crippen molar-refractivity contribution in [3.05, 3.63) is 35.1 Å². The Bertz CT molecular complexity index is 405. The Morgan fingerprint density at radius 3 is 2.89 bits per heavy atom. The summed E-state index contributed by atoms with van der Waals surface area (Å²) < 4.78 is 13.1. The summed E-state index contributed by atoms with van der Waals surface area (Å²) in [5.74, 6) is 0.447. The number of hydrogen-bond donors (Lipinski definition) is 1. The van der Waals surface area contributed by atoms with Crippen LogP contribution in [0.3, 0.4) is 0 Å². The maximum absolute atomic E-state index is 13.1.